The van der Waals surface area contributed by atoms with Crippen molar-refractivity contribution in [2.45, 2.75) is 39.0 Å². The van der Waals surface area contributed by atoms with Crippen molar-refractivity contribution in [3.05, 3.63) is 29.6 Å². The number of nitrogens with two attached hydrogens (primary N) is 1. The fourth-order valence-corrected chi connectivity index (χ4v) is 3.53. The lowest BCUT2D eigenvalue weighted by Crippen LogP contribution is -2.31. The van der Waals surface area contributed by atoms with Gasteiger partial charge in [0.25, 0.3) is 0 Å². The van der Waals surface area contributed by atoms with E-state index in [0.29, 0.717) is 30.2 Å². The Morgan fingerprint density at radius 2 is 2.10 bits per heavy atom. The largest absolute Gasteiger partial charge is 0.496 e. The smallest absolute Gasteiger partial charge is 0.123 e. The van der Waals surface area contributed by atoms with Crippen molar-refractivity contribution >= 4 is 0 Å². The Bertz CT molecular complexity index is 447. The Hall–Kier alpha value is -1.09. The lowest BCUT2D eigenvalue weighted by atomic mass is 9.68. The average molecular weight is 279 g/mol. The molecule has 1 aliphatic rings. The minimum absolute atomic E-state index is 0.191. The van der Waals surface area contributed by atoms with Crippen LogP contribution in [0.15, 0.2) is 18.2 Å². The molecule has 1 aromatic rings. The van der Waals surface area contributed by atoms with Crippen LogP contribution in [0.5, 0.6) is 5.75 Å². The molecule has 0 amide bonds. The van der Waals surface area contributed by atoms with Gasteiger partial charge in [-0.25, -0.2) is 4.39 Å². The summed E-state index contributed by atoms with van der Waals surface area (Å²) in [6, 6.07) is 4.83. The number of hydrogen-bond donors (Lipinski definition) is 1. The molecule has 20 heavy (non-hydrogen) atoms. The molecule has 1 aliphatic carbocycles. The molecule has 2 nitrogen and oxygen atoms in total. The molecule has 0 heterocycles. The zero-order chi connectivity index (χ0) is 14.7. The van der Waals surface area contributed by atoms with Gasteiger partial charge >= 0.3 is 0 Å². The molecule has 0 bridgehead atoms. The fourth-order valence-electron chi connectivity index (χ4n) is 3.53. The lowest BCUT2D eigenvalue weighted by Gasteiger charge is -2.38. The summed E-state index contributed by atoms with van der Waals surface area (Å²) in [7, 11) is 1.65. The molecule has 1 aromatic carbocycles. The molecule has 3 atom stereocenters. The van der Waals surface area contributed by atoms with Gasteiger partial charge in [-0.05, 0) is 67.7 Å². The van der Waals surface area contributed by atoms with Gasteiger partial charge in [0.2, 0.25) is 0 Å². The topological polar surface area (TPSA) is 35.2 Å². The highest BCUT2D eigenvalue weighted by atomic mass is 19.1. The van der Waals surface area contributed by atoms with Gasteiger partial charge in [0.15, 0.2) is 0 Å². The second-order valence-corrected chi connectivity index (χ2v) is 6.31. The summed E-state index contributed by atoms with van der Waals surface area (Å²) in [4.78, 5) is 0. The highest BCUT2D eigenvalue weighted by Gasteiger charge is 2.33. The minimum atomic E-state index is -0.191. The quantitative estimate of drug-likeness (QED) is 0.905. The number of benzene rings is 1. The lowest BCUT2D eigenvalue weighted by molar-refractivity contribution is 0.195. The van der Waals surface area contributed by atoms with Gasteiger partial charge in [-0.3, -0.25) is 0 Å². The number of hydrogen-bond acceptors (Lipinski definition) is 2. The van der Waals surface area contributed by atoms with Gasteiger partial charge in [-0.15, -0.1) is 0 Å². The highest BCUT2D eigenvalue weighted by molar-refractivity contribution is 5.37. The molecule has 3 unspecified atom stereocenters. The van der Waals surface area contributed by atoms with Crippen molar-refractivity contribution in [2.75, 3.05) is 13.7 Å². The van der Waals surface area contributed by atoms with E-state index < -0.39 is 0 Å². The number of ether oxygens (including phenoxy) is 1. The Morgan fingerprint density at radius 3 is 2.70 bits per heavy atom. The van der Waals surface area contributed by atoms with E-state index in [4.69, 9.17) is 10.5 Å². The molecule has 1 saturated carbocycles. The molecule has 2 rings (SSSR count). The molecular weight excluding hydrogens is 253 g/mol. The van der Waals surface area contributed by atoms with E-state index in [1.807, 2.05) is 0 Å². The molecular formula is C17H26FNO. The molecule has 0 radical (unpaired) electrons. The summed E-state index contributed by atoms with van der Waals surface area (Å²) in [5, 5.41) is 0. The van der Waals surface area contributed by atoms with Crippen LogP contribution in [0.4, 0.5) is 4.39 Å². The van der Waals surface area contributed by atoms with Crippen molar-refractivity contribution in [1.29, 1.82) is 0 Å². The SMILES string of the molecule is COc1ccc(F)cc1C1CC(C(C)C)CCC1CN. The first-order chi connectivity index (χ1) is 9.56. The summed E-state index contributed by atoms with van der Waals surface area (Å²) in [6.07, 6.45) is 3.44. The molecule has 0 spiro atoms. The maximum absolute atomic E-state index is 13.6. The van der Waals surface area contributed by atoms with Crippen LogP contribution in [0.1, 0.15) is 44.6 Å². The standard InChI is InChI=1S/C17H26FNO/c1-11(2)12-4-5-13(10-19)15(8-12)16-9-14(18)6-7-17(16)20-3/h6-7,9,11-13,15H,4-5,8,10,19H2,1-3H3. The first kappa shape index (κ1) is 15.3. The Kier molecular flexibility index (Phi) is 5.03. The Morgan fingerprint density at radius 1 is 1.35 bits per heavy atom. The maximum atomic E-state index is 13.6. The van der Waals surface area contributed by atoms with E-state index >= 15 is 0 Å². The summed E-state index contributed by atoms with van der Waals surface area (Å²) >= 11 is 0. The van der Waals surface area contributed by atoms with Crippen molar-refractivity contribution < 1.29 is 9.13 Å². The van der Waals surface area contributed by atoms with E-state index in [0.717, 1.165) is 24.2 Å². The van der Waals surface area contributed by atoms with E-state index in [-0.39, 0.29) is 5.82 Å². The van der Waals surface area contributed by atoms with Crippen LogP contribution >= 0.6 is 0 Å². The zero-order valence-electron chi connectivity index (χ0n) is 12.7. The summed E-state index contributed by atoms with van der Waals surface area (Å²) in [5.74, 6) is 2.70. The molecule has 0 aromatic heterocycles. The molecule has 112 valence electrons. The number of methoxy groups -OCH3 is 1. The van der Waals surface area contributed by atoms with Crippen molar-refractivity contribution in [2.24, 2.45) is 23.5 Å². The third kappa shape index (κ3) is 3.14. The van der Waals surface area contributed by atoms with Gasteiger partial charge in [-0.1, -0.05) is 13.8 Å². The third-order valence-electron chi connectivity index (χ3n) is 4.87. The van der Waals surface area contributed by atoms with Gasteiger partial charge in [-0.2, -0.15) is 0 Å². The van der Waals surface area contributed by atoms with Gasteiger partial charge < -0.3 is 10.5 Å². The molecule has 2 N–H and O–H groups in total. The van der Waals surface area contributed by atoms with Gasteiger partial charge in [0, 0.05) is 5.56 Å². The average Bonchev–Trinajstić information content (AvgIpc) is 2.46. The van der Waals surface area contributed by atoms with E-state index in [1.165, 1.54) is 12.5 Å². The van der Waals surface area contributed by atoms with Crippen LogP contribution in [-0.2, 0) is 0 Å². The summed E-state index contributed by atoms with van der Waals surface area (Å²) in [6.45, 7) is 5.20. The van der Waals surface area contributed by atoms with Crippen molar-refractivity contribution in [1.82, 2.24) is 0 Å². The molecule has 0 saturated heterocycles. The predicted molar refractivity (Wildman–Crippen MR) is 80.4 cm³/mol. The van der Waals surface area contributed by atoms with Crippen LogP contribution < -0.4 is 10.5 Å². The zero-order valence-corrected chi connectivity index (χ0v) is 12.7. The Balaban J connectivity index is 2.33. The summed E-state index contributed by atoms with van der Waals surface area (Å²) in [5.41, 5.74) is 6.94. The third-order valence-corrected chi connectivity index (χ3v) is 4.87. The maximum Gasteiger partial charge on any atom is 0.123 e. The van der Waals surface area contributed by atoms with Crippen LogP contribution in [0.2, 0.25) is 0 Å². The van der Waals surface area contributed by atoms with Crippen molar-refractivity contribution in [3.63, 3.8) is 0 Å². The van der Waals surface area contributed by atoms with Crippen LogP contribution in [0, 0.1) is 23.6 Å². The normalized spacial score (nSPS) is 26.8. The van der Waals surface area contributed by atoms with Crippen molar-refractivity contribution in [3.8, 4) is 5.75 Å². The molecule has 0 aliphatic heterocycles. The van der Waals surface area contributed by atoms with E-state index in [1.54, 1.807) is 19.2 Å². The molecule has 1 fully saturated rings. The predicted octanol–water partition coefficient (Wildman–Crippen LogP) is 3.95. The van der Waals surface area contributed by atoms with E-state index in [2.05, 4.69) is 13.8 Å². The summed E-state index contributed by atoms with van der Waals surface area (Å²) < 4.78 is 19.1. The number of rotatable bonds is 4. The van der Waals surface area contributed by atoms with Gasteiger partial charge in [0.1, 0.15) is 11.6 Å². The highest BCUT2D eigenvalue weighted by Crippen LogP contribution is 2.45. The van der Waals surface area contributed by atoms with Crippen LogP contribution in [-0.4, -0.2) is 13.7 Å². The second-order valence-electron chi connectivity index (χ2n) is 6.31. The minimum Gasteiger partial charge on any atom is -0.496 e. The van der Waals surface area contributed by atoms with Crippen LogP contribution in [0.25, 0.3) is 0 Å². The first-order valence-corrected chi connectivity index (χ1v) is 7.60. The van der Waals surface area contributed by atoms with E-state index in [9.17, 15) is 4.39 Å². The van der Waals surface area contributed by atoms with Crippen LogP contribution in [0.3, 0.4) is 0 Å². The second kappa shape index (κ2) is 6.57. The fraction of sp³-hybridized carbons (Fsp3) is 0.647. The van der Waals surface area contributed by atoms with Gasteiger partial charge in [0.05, 0.1) is 7.11 Å². The molecule has 3 heteroatoms. The monoisotopic (exact) mass is 279 g/mol. The number of halogens is 1. The Labute approximate surface area is 121 Å². The first-order valence-electron chi connectivity index (χ1n) is 7.60.